The fraction of sp³-hybridized carbons (Fsp3) is 0.706. The number of carboxylic acids is 2. The summed E-state index contributed by atoms with van der Waals surface area (Å²) >= 11 is 3.97. The fourth-order valence-corrected chi connectivity index (χ4v) is 2.51. The molecule has 5 atom stereocenters. The molecule has 13 heteroatoms. The summed E-state index contributed by atoms with van der Waals surface area (Å²) in [5, 5.41) is 34.3. The molecular weight excluding hydrogens is 420 g/mol. The molecule has 0 aromatic heterocycles. The van der Waals surface area contributed by atoms with Gasteiger partial charge in [-0.3, -0.25) is 19.2 Å². The Bertz CT molecular complexity index is 643. The van der Waals surface area contributed by atoms with Crippen molar-refractivity contribution in [3.63, 3.8) is 0 Å². The molecule has 0 aliphatic carbocycles. The Labute approximate surface area is 179 Å². The van der Waals surface area contributed by atoms with Gasteiger partial charge in [0.2, 0.25) is 17.7 Å². The van der Waals surface area contributed by atoms with Crippen molar-refractivity contribution >= 4 is 42.3 Å². The second-order valence-electron chi connectivity index (χ2n) is 7.07. The lowest BCUT2D eigenvalue weighted by Crippen LogP contribution is -2.59. The third kappa shape index (κ3) is 9.41. The fourth-order valence-electron chi connectivity index (χ4n) is 2.26. The zero-order chi connectivity index (χ0) is 23.6. The summed E-state index contributed by atoms with van der Waals surface area (Å²) in [6.45, 7) is 4.43. The van der Waals surface area contributed by atoms with Gasteiger partial charge in [-0.2, -0.15) is 12.6 Å². The van der Waals surface area contributed by atoms with Crippen molar-refractivity contribution in [2.75, 3.05) is 5.75 Å². The lowest BCUT2D eigenvalue weighted by atomic mass is 10.0. The highest BCUT2D eigenvalue weighted by Crippen LogP contribution is 2.06. The van der Waals surface area contributed by atoms with Crippen molar-refractivity contribution in [3.05, 3.63) is 0 Å². The standard InChI is InChI=1S/C17H30N4O8S/c1-7(2)13(17(28)29)21-14(25)9(4-5-11(23)24)19-15(26)10(6-30)20-16(27)12(18)8(3)22/h7-10,12-13,22,30H,4-6,18H2,1-3H3,(H,19,26)(H,20,27)(H,21,25)(H,23,24)(H,28,29). The summed E-state index contributed by atoms with van der Waals surface area (Å²) in [5.74, 6) is -5.70. The van der Waals surface area contributed by atoms with Crippen molar-refractivity contribution < 1.29 is 39.3 Å². The first kappa shape index (κ1) is 27.6. The van der Waals surface area contributed by atoms with Crippen molar-refractivity contribution in [3.8, 4) is 0 Å². The molecule has 0 spiro atoms. The monoisotopic (exact) mass is 450 g/mol. The van der Waals surface area contributed by atoms with E-state index in [0.29, 0.717) is 0 Å². The molecule has 8 N–H and O–H groups in total. The lowest BCUT2D eigenvalue weighted by molar-refractivity contribution is -0.144. The molecule has 0 bridgehead atoms. The van der Waals surface area contributed by atoms with Gasteiger partial charge in [0.1, 0.15) is 24.2 Å². The highest BCUT2D eigenvalue weighted by Gasteiger charge is 2.31. The van der Waals surface area contributed by atoms with Crippen molar-refractivity contribution in [1.82, 2.24) is 16.0 Å². The Hall–Kier alpha value is -2.38. The maximum Gasteiger partial charge on any atom is 0.326 e. The van der Waals surface area contributed by atoms with E-state index in [-0.39, 0.29) is 12.2 Å². The van der Waals surface area contributed by atoms with Crippen molar-refractivity contribution in [2.45, 2.75) is 63.9 Å². The lowest BCUT2D eigenvalue weighted by Gasteiger charge is -2.25. The van der Waals surface area contributed by atoms with Gasteiger partial charge < -0.3 is 37.0 Å². The third-order valence-electron chi connectivity index (χ3n) is 4.15. The van der Waals surface area contributed by atoms with Gasteiger partial charge in [0.05, 0.1) is 6.10 Å². The Morgan fingerprint density at radius 2 is 1.40 bits per heavy atom. The first-order chi connectivity index (χ1) is 13.8. The van der Waals surface area contributed by atoms with Crippen LogP contribution in [0.5, 0.6) is 0 Å². The minimum atomic E-state index is -1.36. The van der Waals surface area contributed by atoms with Gasteiger partial charge in [0, 0.05) is 12.2 Å². The van der Waals surface area contributed by atoms with Gasteiger partial charge in [-0.05, 0) is 19.3 Å². The molecule has 0 fully saturated rings. The van der Waals surface area contributed by atoms with Crippen LogP contribution in [0.2, 0.25) is 0 Å². The number of thiol groups is 1. The third-order valence-corrected chi connectivity index (χ3v) is 4.51. The maximum atomic E-state index is 12.5. The molecule has 12 nitrogen and oxygen atoms in total. The average molecular weight is 451 g/mol. The van der Waals surface area contributed by atoms with Crippen LogP contribution in [0, 0.1) is 5.92 Å². The molecule has 0 aliphatic heterocycles. The topological polar surface area (TPSA) is 208 Å². The molecule has 0 aliphatic rings. The summed E-state index contributed by atoms with van der Waals surface area (Å²) < 4.78 is 0. The molecule has 3 amide bonds. The number of carbonyl (C=O) groups excluding carboxylic acids is 3. The molecule has 5 unspecified atom stereocenters. The van der Waals surface area contributed by atoms with Crippen LogP contribution < -0.4 is 21.7 Å². The van der Waals surface area contributed by atoms with E-state index in [2.05, 4.69) is 28.6 Å². The van der Waals surface area contributed by atoms with Gasteiger partial charge in [0.15, 0.2) is 0 Å². The van der Waals surface area contributed by atoms with Crippen molar-refractivity contribution in [2.24, 2.45) is 11.7 Å². The van der Waals surface area contributed by atoms with Crippen LogP contribution in [-0.2, 0) is 24.0 Å². The average Bonchev–Trinajstić information content (AvgIpc) is 2.65. The smallest absolute Gasteiger partial charge is 0.326 e. The summed E-state index contributed by atoms with van der Waals surface area (Å²) in [6.07, 6.45) is -1.95. The molecule has 0 heterocycles. The molecule has 0 aromatic carbocycles. The first-order valence-electron chi connectivity index (χ1n) is 9.22. The van der Waals surface area contributed by atoms with Gasteiger partial charge in [-0.1, -0.05) is 13.8 Å². The number of rotatable bonds is 13. The quantitative estimate of drug-likeness (QED) is 0.141. The van der Waals surface area contributed by atoms with E-state index in [9.17, 15) is 34.2 Å². The molecule has 30 heavy (non-hydrogen) atoms. The van der Waals surface area contributed by atoms with Crippen LogP contribution in [0.3, 0.4) is 0 Å². The normalized spacial score (nSPS) is 16.0. The van der Waals surface area contributed by atoms with Crippen LogP contribution in [0.4, 0.5) is 0 Å². The largest absolute Gasteiger partial charge is 0.481 e. The molecule has 172 valence electrons. The number of nitrogens with two attached hydrogens (primary N) is 1. The number of carboxylic acid groups (broad SMARTS) is 2. The molecule has 0 saturated carbocycles. The Morgan fingerprint density at radius 3 is 1.80 bits per heavy atom. The molecule has 0 saturated heterocycles. The number of aliphatic hydroxyl groups is 1. The molecular formula is C17H30N4O8S. The predicted octanol–water partition coefficient (Wildman–Crippen LogP) is -2.32. The number of hydrogen-bond donors (Lipinski definition) is 8. The van der Waals surface area contributed by atoms with E-state index in [0.717, 1.165) is 0 Å². The highest BCUT2D eigenvalue weighted by atomic mass is 32.1. The highest BCUT2D eigenvalue weighted by molar-refractivity contribution is 7.80. The second kappa shape index (κ2) is 13.0. The summed E-state index contributed by atoms with van der Waals surface area (Å²) in [5.41, 5.74) is 5.50. The zero-order valence-electron chi connectivity index (χ0n) is 17.0. The van der Waals surface area contributed by atoms with Crippen LogP contribution in [0.25, 0.3) is 0 Å². The predicted molar refractivity (Wildman–Crippen MR) is 109 cm³/mol. The first-order valence-corrected chi connectivity index (χ1v) is 9.85. The zero-order valence-corrected chi connectivity index (χ0v) is 17.9. The van der Waals surface area contributed by atoms with Crippen molar-refractivity contribution in [1.29, 1.82) is 0 Å². The van der Waals surface area contributed by atoms with E-state index in [1.165, 1.54) is 6.92 Å². The van der Waals surface area contributed by atoms with Gasteiger partial charge in [0.25, 0.3) is 0 Å². The SMILES string of the molecule is CC(C)C(NC(=O)C(CCC(=O)O)NC(=O)C(CS)NC(=O)C(N)C(C)O)C(=O)O. The van der Waals surface area contributed by atoms with Gasteiger partial charge in [-0.25, -0.2) is 4.79 Å². The van der Waals surface area contributed by atoms with E-state index in [4.69, 9.17) is 10.8 Å². The molecule has 0 rings (SSSR count). The van der Waals surface area contributed by atoms with Gasteiger partial charge in [-0.15, -0.1) is 0 Å². The minimum absolute atomic E-state index is 0.179. The van der Waals surface area contributed by atoms with Crippen LogP contribution in [-0.4, -0.2) is 81.0 Å². The number of nitrogens with one attached hydrogen (secondary N) is 3. The maximum absolute atomic E-state index is 12.5. The number of hydrogen-bond acceptors (Lipinski definition) is 8. The Morgan fingerprint density at radius 1 is 0.900 bits per heavy atom. The molecule has 0 aromatic rings. The second-order valence-corrected chi connectivity index (χ2v) is 7.44. The summed E-state index contributed by atoms with van der Waals surface area (Å²) in [6, 6.07) is -5.13. The molecule has 0 radical (unpaired) electrons. The number of amides is 3. The van der Waals surface area contributed by atoms with Crippen LogP contribution in [0.15, 0.2) is 0 Å². The Balaban J connectivity index is 5.34. The van der Waals surface area contributed by atoms with E-state index < -0.39 is 72.3 Å². The number of aliphatic carboxylic acids is 2. The summed E-state index contributed by atoms with van der Waals surface area (Å²) in [7, 11) is 0. The Kier molecular flexibility index (Phi) is 12.0. The van der Waals surface area contributed by atoms with Crippen LogP contribution >= 0.6 is 12.6 Å². The minimum Gasteiger partial charge on any atom is -0.481 e. The van der Waals surface area contributed by atoms with Gasteiger partial charge >= 0.3 is 11.9 Å². The van der Waals surface area contributed by atoms with Crippen LogP contribution in [0.1, 0.15) is 33.6 Å². The summed E-state index contributed by atoms with van der Waals surface area (Å²) in [4.78, 5) is 59.1. The number of carbonyl (C=O) groups is 5. The number of aliphatic hydroxyl groups excluding tert-OH is 1. The van der Waals surface area contributed by atoms with E-state index in [1.807, 2.05) is 0 Å². The van der Waals surface area contributed by atoms with E-state index in [1.54, 1.807) is 13.8 Å². The van der Waals surface area contributed by atoms with E-state index >= 15 is 0 Å².